The van der Waals surface area contributed by atoms with Gasteiger partial charge in [0.1, 0.15) is 5.75 Å². The summed E-state index contributed by atoms with van der Waals surface area (Å²) in [6.07, 6.45) is 3.87. The summed E-state index contributed by atoms with van der Waals surface area (Å²) in [7, 11) is -4.09. The topological polar surface area (TPSA) is 118 Å². The van der Waals surface area contributed by atoms with Crippen LogP contribution in [0.3, 0.4) is 0 Å². The monoisotopic (exact) mass is 516 g/mol. The number of aromatic nitrogens is 1. The summed E-state index contributed by atoms with van der Waals surface area (Å²) in [4.78, 5) is 18.9. The number of H-pyrrole nitrogens is 1. The van der Waals surface area contributed by atoms with Crippen molar-refractivity contribution in [2.24, 2.45) is 5.14 Å². The second kappa shape index (κ2) is 9.33. The second-order valence-corrected chi connectivity index (χ2v) is 10.9. The Hall–Kier alpha value is -3.66. The lowest BCUT2D eigenvalue weighted by Crippen LogP contribution is -2.28. The van der Waals surface area contributed by atoms with Crippen molar-refractivity contribution in [2.75, 3.05) is 13.1 Å². The van der Waals surface area contributed by atoms with Gasteiger partial charge in [0.05, 0.1) is 5.56 Å². The zero-order chi connectivity index (χ0) is 25.6. The first-order valence-electron chi connectivity index (χ1n) is 12.5. The number of nitrogens with one attached hydrogen (secondary N) is 2. The summed E-state index contributed by atoms with van der Waals surface area (Å²) in [5.74, 6) is 0.0249. The van der Waals surface area contributed by atoms with Crippen LogP contribution in [0.1, 0.15) is 40.7 Å². The highest BCUT2D eigenvalue weighted by atomic mass is 32.2. The Bertz CT molecular complexity index is 1600. The molecule has 0 bridgehead atoms. The van der Waals surface area contributed by atoms with Gasteiger partial charge in [-0.1, -0.05) is 36.8 Å². The maximum atomic E-state index is 12.9. The summed E-state index contributed by atoms with van der Waals surface area (Å²) >= 11 is 0. The summed E-state index contributed by atoms with van der Waals surface area (Å²) in [6.45, 7) is 3.70. The van der Waals surface area contributed by atoms with Gasteiger partial charge in [-0.05, 0) is 78.5 Å². The van der Waals surface area contributed by atoms with E-state index in [4.69, 9.17) is 9.32 Å². The molecule has 0 atom stereocenters. The molecule has 1 saturated heterocycles. The predicted molar refractivity (Wildman–Crippen MR) is 143 cm³/mol. The van der Waals surface area contributed by atoms with Gasteiger partial charge in [-0.3, -0.25) is 9.69 Å². The number of rotatable bonds is 6. The molecule has 37 heavy (non-hydrogen) atoms. The van der Waals surface area contributed by atoms with Crippen LogP contribution >= 0.6 is 0 Å². The van der Waals surface area contributed by atoms with Crippen molar-refractivity contribution in [1.29, 1.82) is 0 Å². The average Bonchev–Trinajstić information content (AvgIpc) is 3.47. The maximum Gasteiger partial charge on any atom is 0.380 e. The number of carbonyl (C=O) groups is 1. The molecule has 9 heteroatoms. The minimum Gasteiger partial charge on any atom is -0.371 e. The summed E-state index contributed by atoms with van der Waals surface area (Å²) < 4.78 is 27.1. The van der Waals surface area contributed by atoms with Crippen molar-refractivity contribution in [1.82, 2.24) is 15.2 Å². The minimum atomic E-state index is -4.09. The van der Waals surface area contributed by atoms with Crippen LogP contribution in [0.25, 0.3) is 33.3 Å². The molecule has 4 N–H and O–H groups in total. The largest absolute Gasteiger partial charge is 0.380 e. The van der Waals surface area contributed by atoms with Crippen LogP contribution < -0.4 is 14.6 Å². The molecule has 0 aliphatic carbocycles. The second-order valence-electron chi connectivity index (χ2n) is 9.74. The number of carbonyl (C=O) groups excluding carboxylic acids is 1. The first-order chi connectivity index (χ1) is 17.8. The number of hydrogen-bond acceptors (Lipinski definition) is 5. The Labute approximate surface area is 215 Å². The van der Waals surface area contributed by atoms with Gasteiger partial charge in [0.25, 0.3) is 5.91 Å². The third-order valence-corrected chi connectivity index (χ3v) is 7.60. The highest BCUT2D eigenvalue weighted by molar-refractivity contribution is 7.84. The van der Waals surface area contributed by atoms with Gasteiger partial charge in [0.2, 0.25) is 0 Å². The predicted octanol–water partition coefficient (Wildman–Crippen LogP) is 4.31. The third kappa shape index (κ3) is 4.85. The van der Waals surface area contributed by atoms with Crippen LogP contribution in [0, 0.1) is 0 Å². The standard InChI is InChI=1S/C28H28N4O4S/c29-37(34,35)36-21-7-5-19(6-8-21)22-9-10-23(27-24(22)16-30-28(27)33)26-15-20-14-18(4-11-25(20)31-26)17-32-12-2-1-3-13-32/h4-11,14-15,31H,1-3,12-13,16-17H2,(H,30,33)(H2,29,34,35). The summed E-state index contributed by atoms with van der Waals surface area (Å²) in [5, 5.41) is 9.04. The highest BCUT2D eigenvalue weighted by Gasteiger charge is 2.27. The molecule has 1 amide bonds. The van der Waals surface area contributed by atoms with E-state index in [0.29, 0.717) is 12.1 Å². The lowest BCUT2D eigenvalue weighted by Gasteiger charge is -2.26. The number of fused-ring (bicyclic) bond motifs is 2. The SMILES string of the molecule is NS(=O)(=O)Oc1ccc(-c2ccc(-c3cc4cc(CN5CCCCC5)ccc4[nH]3)c3c2CNC3=O)cc1. The number of benzene rings is 3. The third-order valence-electron chi connectivity index (χ3n) is 7.17. The fourth-order valence-corrected chi connectivity index (χ4v) is 5.85. The summed E-state index contributed by atoms with van der Waals surface area (Å²) in [5.41, 5.74) is 7.42. The molecule has 8 nitrogen and oxygen atoms in total. The molecule has 0 saturated carbocycles. The van der Waals surface area contributed by atoms with Gasteiger partial charge in [-0.25, -0.2) is 0 Å². The fraction of sp³-hybridized carbons (Fsp3) is 0.250. The van der Waals surface area contributed by atoms with Crippen molar-refractivity contribution in [2.45, 2.75) is 32.4 Å². The first kappa shape index (κ1) is 23.7. The van der Waals surface area contributed by atoms with E-state index in [1.807, 2.05) is 12.1 Å². The van der Waals surface area contributed by atoms with Crippen LogP contribution in [-0.4, -0.2) is 37.3 Å². The molecular formula is C28H28N4O4S. The van der Waals surface area contributed by atoms with E-state index in [2.05, 4.69) is 39.5 Å². The van der Waals surface area contributed by atoms with E-state index < -0.39 is 10.3 Å². The van der Waals surface area contributed by atoms with Crippen molar-refractivity contribution in [3.63, 3.8) is 0 Å². The zero-order valence-corrected chi connectivity index (χ0v) is 21.1. The molecule has 2 aliphatic rings. The fourth-order valence-electron chi connectivity index (χ4n) is 5.47. The lowest BCUT2D eigenvalue weighted by atomic mass is 9.92. The van der Waals surface area contributed by atoms with Gasteiger partial charge in [-0.15, -0.1) is 0 Å². The van der Waals surface area contributed by atoms with E-state index in [1.54, 1.807) is 24.3 Å². The van der Waals surface area contributed by atoms with Crippen molar-refractivity contribution in [3.05, 3.63) is 77.4 Å². The number of hydrogen-bond donors (Lipinski definition) is 3. The first-order valence-corrected chi connectivity index (χ1v) is 13.9. The Kier molecular flexibility index (Phi) is 5.98. The van der Waals surface area contributed by atoms with Crippen molar-refractivity contribution < 1.29 is 17.4 Å². The molecule has 3 aromatic carbocycles. The van der Waals surface area contributed by atoms with Crippen LogP contribution in [0.5, 0.6) is 5.75 Å². The minimum absolute atomic E-state index is 0.106. The van der Waals surface area contributed by atoms with Crippen LogP contribution in [-0.2, 0) is 23.4 Å². The summed E-state index contributed by atoms with van der Waals surface area (Å²) in [6, 6.07) is 19.2. The normalized spacial score (nSPS) is 16.1. The Morgan fingerprint density at radius 3 is 2.43 bits per heavy atom. The molecular weight excluding hydrogens is 488 g/mol. The van der Waals surface area contributed by atoms with Gasteiger partial charge in [0.15, 0.2) is 0 Å². The van der Waals surface area contributed by atoms with Crippen molar-refractivity contribution >= 4 is 27.1 Å². The van der Waals surface area contributed by atoms with Gasteiger partial charge >= 0.3 is 10.3 Å². The van der Waals surface area contributed by atoms with Crippen LogP contribution in [0.2, 0.25) is 0 Å². The molecule has 1 fully saturated rings. The average molecular weight is 517 g/mol. The quantitative estimate of drug-likeness (QED) is 0.353. The molecule has 1 aromatic heterocycles. The maximum absolute atomic E-state index is 12.9. The Morgan fingerprint density at radius 2 is 1.68 bits per heavy atom. The Morgan fingerprint density at radius 1 is 0.919 bits per heavy atom. The lowest BCUT2D eigenvalue weighted by molar-refractivity contribution is 0.0966. The van der Waals surface area contributed by atoms with Crippen LogP contribution in [0.15, 0.2) is 60.7 Å². The molecule has 6 rings (SSSR count). The highest BCUT2D eigenvalue weighted by Crippen LogP contribution is 2.37. The van der Waals surface area contributed by atoms with Gasteiger partial charge < -0.3 is 14.5 Å². The van der Waals surface area contributed by atoms with E-state index in [-0.39, 0.29) is 11.7 Å². The number of nitrogens with zero attached hydrogens (tertiary/aromatic N) is 1. The number of aromatic amines is 1. The van der Waals surface area contributed by atoms with Crippen LogP contribution in [0.4, 0.5) is 0 Å². The Balaban J connectivity index is 1.33. The number of likely N-dealkylation sites (tertiary alicyclic amines) is 1. The zero-order valence-electron chi connectivity index (χ0n) is 20.3. The van der Waals surface area contributed by atoms with Crippen molar-refractivity contribution in [3.8, 4) is 28.1 Å². The van der Waals surface area contributed by atoms with E-state index in [9.17, 15) is 13.2 Å². The molecule has 0 spiro atoms. The molecule has 0 unspecified atom stereocenters. The van der Waals surface area contributed by atoms with Gasteiger partial charge in [-0.2, -0.15) is 13.6 Å². The molecule has 2 aliphatic heterocycles. The number of amides is 1. The number of nitrogens with two attached hydrogens (primary N) is 1. The molecule has 3 heterocycles. The molecule has 0 radical (unpaired) electrons. The molecule has 190 valence electrons. The van der Waals surface area contributed by atoms with E-state index in [0.717, 1.165) is 58.5 Å². The molecule has 4 aromatic rings. The van der Waals surface area contributed by atoms with E-state index in [1.165, 1.54) is 24.8 Å². The van der Waals surface area contributed by atoms with E-state index >= 15 is 0 Å². The smallest absolute Gasteiger partial charge is 0.371 e. The van der Waals surface area contributed by atoms with Gasteiger partial charge in [0, 0.05) is 35.2 Å². The number of piperidine rings is 1.